The van der Waals surface area contributed by atoms with Crippen LogP contribution < -0.4 is 10.6 Å². The molecular weight excluding hydrogens is 360 g/mol. The average Bonchev–Trinajstić information content (AvgIpc) is 3.05. The number of hydrogen-bond acceptors (Lipinski definition) is 7. The Morgan fingerprint density at radius 1 is 1.15 bits per heavy atom. The van der Waals surface area contributed by atoms with Crippen LogP contribution in [0, 0.1) is 0 Å². The van der Waals surface area contributed by atoms with E-state index >= 15 is 0 Å². The van der Waals surface area contributed by atoms with Gasteiger partial charge in [0.25, 0.3) is 0 Å². The van der Waals surface area contributed by atoms with Gasteiger partial charge in [-0.15, -0.1) is 0 Å². The number of aliphatic carboxylic acids is 1. The Morgan fingerprint density at radius 2 is 1.89 bits per heavy atom. The van der Waals surface area contributed by atoms with E-state index in [2.05, 4.69) is 20.5 Å². The summed E-state index contributed by atoms with van der Waals surface area (Å²) < 4.78 is 10.3. The van der Waals surface area contributed by atoms with E-state index in [9.17, 15) is 19.2 Å². The van der Waals surface area contributed by atoms with Crippen molar-refractivity contribution >= 4 is 29.8 Å². The lowest BCUT2D eigenvalue weighted by atomic mass is 10.2. The number of benzene rings is 1. The van der Waals surface area contributed by atoms with Crippen LogP contribution in [-0.2, 0) is 32.2 Å². The van der Waals surface area contributed by atoms with Crippen LogP contribution in [0.4, 0.5) is 15.3 Å². The maximum atomic E-state index is 11.6. The first kappa shape index (κ1) is 19.4. The van der Waals surface area contributed by atoms with Gasteiger partial charge in [-0.25, -0.2) is 14.4 Å². The lowest BCUT2D eigenvalue weighted by Gasteiger charge is -2.06. The highest BCUT2D eigenvalue weighted by molar-refractivity contribution is 5.92. The van der Waals surface area contributed by atoms with Gasteiger partial charge >= 0.3 is 24.1 Å². The van der Waals surface area contributed by atoms with Crippen molar-refractivity contribution in [2.75, 3.05) is 11.9 Å². The van der Waals surface area contributed by atoms with Gasteiger partial charge in [-0.1, -0.05) is 30.3 Å². The molecule has 0 spiro atoms. The van der Waals surface area contributed by atoms with E-state index in [1.54, 1.807) is 30.3 Å². The van der Waals surface area contributed by atoms with E-state index < -0.39 is 30.7 Å². The molecule has 2 aromatic rings. The van der Waals surface area contributed by atoms with Gasteiger partial charge in [-0.3, -0.25) is 9.48 Å². The average molecular weight is 376 g/mol. The number of rotatable bonds is 7. The number of ether oxygens (including phenoxy) is 2. The normalized spacial score (nSPS) is 9.93. The molecule has 0 saturated carbocycles. The number of carboxylic acids is 1. The maximum Gasteiger partial charge on any atom is 0.516 e. The van der Waals surface area contributed by atoms with Crippen molar-refractivity contribution in [3.63, 3.8) is 0 Å². The zero-order chi connectivity index (χ0) is 19.6. The van der Waals surface area contributed by atoms with E-state index in [0.717, 1.165) is 10.2 Å². The Kier molecular flexibility index (Phi) is 6.88. The van der Waals surface area contributed by atoms with Gasteiger partial charge in [0, 0.05) is 6.20 Å². The molecule has 0 bridgehead atoms. The Morgan fingerprint density at radius 3 is 2.59 bits per heavy atom. The molecule has 0 aliphatic carbocycles. The van der Waals surface area contributed by atoms with Crippen LogP contribution in [0.15, 0.2) is 42.7 Å². The predicted octanol–water partition coefficient (Wildman–Crippen LogP) is 0.969. The first-order chi connectivity index (χ1) is 12.9. The molecule has 2 rings (SSSR count). The fourth-order valence-corrected chi connectivity index (χ4v) is 1.86. The Labute approximate surface area is 152 Å². The number of hydrogen-bond donors (Lipinski definition) is 3. The molecule has 11 heteroatoms. The summed E-state index contributed by atoms with van der Waals surface area (Å²) >= 11 is 0. The first-order valence-corrected chi connectivity index (χ1v) is 7.63. The maximum absolute atomic E-state index is 11.6. The van der Waals surface area contributed by atoms with E-state index in [1.807, 2.05) is 0 Å². The van der Waals surface area contributed by atoms with Gasteiger partial charge in [0.1, 0.15) is 19.7 Å². The van der Waals surface area contributed by atoms with Crippen LogP contribution in [0.25, 0.3) is 0 Å². The second-order valence-corrected chi connectivity index (χ2v) is 5.13. The molecule has 0 radical (unpaired) electrons. The largest absolute Gasteiger partial charge is 0.516 e. The topological polar surface area (TPSA) is 149 Å². The molecule has 0 aliphatic rings. The fourth-order valence-electron chi connectivity index (χ4n) is 1.86. The van der Waals surface area contributed by atoms with Crippen LogP contribution in [0.1, 0.15) is 5.56 Å². The number of carbonyl (C=O) groups is 4. The SMILES string of the molecule is O=C(O)Cn1cc(NC(=O)NCC(=O)OC(=O)OCc2ccccc2)cn1. The molecule has 2 amide bonds. The second kappa shape index (κ2) is 9.56. The summed E-state index contributed by atoms with van der Waals surface area (Å²) in [6.07, 6.45) is 1.36. The van der Waals surface area contributed by atoms with Crippen molar-refractivity contribution in [3.05, 3.63) is 48.3 Å². The van der Waals surface area contributed by atoms with Crippen LogP contribution in [0.5, 0.6) is 0 Å². The molecule has 1 heterocycles. The number of urea groups is 1. The summed E-state index contributed by atoms with van der Waals surface area (Å²) in [5, 5.41) is 16.9. The summed E-state index contributed by atoms with van der Waals surface area (Å²) in [6.45, 7) is -0.989. The monoisotopic (exact) mass is 376 g/mol. The summed E-state index contributed by atoms with van der Waals surface area (Å²) in [6, 6.07) is 8.05. The minimum Gasteiger partial charge on any atom is -0.480 e. The van der Waals surface area contributed by atoms with Crippen molar-refractivity contribution in [2.24, 2.45) is 0 Å². The fraction of sp³-hybridized carbons (Fsp3) is 0.188. The highest BCUT2D eigenvalue weighted by Gasteiger charge is 2.13. The Balaban J connectivity index is 1.66. The van der Waals surface area contributed by atoms with Crippen molar-refractivity contribution in [3.8, 4) is 0 Å². The second-order valence-electron chi connectivity index (χ2n) is 5.13. The van der Waals surface area contributed by atoms with E-state index in [4.69, 9.17) is 9.84 Å². The van der Waals surface area contributed by atoms with Crippen molar-refractivity contribution < 1.29 is 33.8 Å². The Bertz CT molecular complexity index is 819. The summed E-state index contributed by atoms with van der Waals surface area (Å²) in [7, 11) is 0. The van der Waals surface area contributed by atoms with Crippen molar-refractivity contribution in [2.45, 2.75) is 13.2 Å². The number of amides is 2. The quantitative estimate of drug-likeness (QED) is 0.478. The number of anilines is 1. The number of aromatic nitrogens is 2. The molecule has 1 aromatic carbocycles. The van der Waals surface area contributed by atoms with Crippen LogP contribution in [-0.4, -0.2) is 45.6 Å². The van der Waals surface area contributed by atoms with Crippen LogP contribution >= 0.6 is 0 Å². The van der Waals surface area contributed by atoms with Gasteiger partial charge in [0.15, 0.2) is 0 Å². The zero-order valence-electron chi connectivity index (χ0n) is 14.0. The van der Waals surface area contributed by atoms with Gasteiger partial charge < -0.3 is 25.2 Å². The molecule has 11 nitrogen and oxygen atoms in total. The third-order valence-electron chi connectivity index (χ3n) is 2.98. The first-order valence-electron chi connectivity index (χ1n) is 7.63. The molecule has 0 aliphatic heterocycles. The molecule has 1 aromatic heterocycles. The number of carboxylic acid groups (broad SMARTS) is 1. The highest BCUT2D eigenvalue weighted by Crippen LogP contribution is 2.04. The zero-order valence-corrected chi connectivity index (χ0v) is 14.0. The molecular formula is C16H16N4O7. The molecule has 0 unspecified atom stereocenters. The lowest BCUT2D eigenvalue weighted by Crippen LogP contribution is -2.34. The van der Waals surface area contributed by atoms with E-state index in [1.165, 1.54) is 12.4 Å². The highest BCUT2D eigenvalue weighted by atomic mass is 16.7. The smallest absolute Gasteiger partial charge is 0.480 e. The van der Waals surface area contributed by atoms with Crippen LogP contribution in [0.3, 0.4) is 0 Å². The van der Waals surface area contributed by atoms with Crippen molar-refractivity contribution in [1.82, 2.24) is 15.1 Å². The standard InChI is InChI=1S/C16H16N4O7/c21-13(22)9-20-8-12(6-18-20)19-15(24)17-7-14(23)27-16(25)26-10-11-4-2-1-3-5-11/h1-6,8H,7,9-10H2,(H,21,22)(H2,17,19,24). The molecule has 0 atom stereocenters. The summed E-state index contributed by atoms with van der Waals surface area (Å²) in [5.74, 6) is -2.10. The van der Waals surface area contributed by atoms with Gasteiger partial charge in [-0.2, -0.15) is 5.10 Å². The molecule has 3 N–H and O–H groups in total. The molecule has 0 fully saturated rings. The number of nitrogens with zero attached hydrogens (tertiary/aromatic N) is 2. The van der Waals surface area contributed by atoms with Gasteiger partial charge in [0.05, 0.1) is 11.9 Å². The predicted molar refractivity (Wildman–Crippen MR) is 89.6 cm³/mol. The van der Waals surface area contributed by atoms with Gasteiger partial charge in [-0.05, 0) is 5.56 Å². The Hall–Kier alpha value is -3.89. The van der Waals surface area contributed by atoms with E-state index in [-0.39, 0.29) is 18.8 Å². The minimum absolute atomic E-state index is 0.0544. The number of nitrogens with one attached hydrogen (secondary N) is 2. The van der Waals surface area contributed by atoms with E-state index in [0.29, 0.717) is 0 Å². The van der Waals surface area contributed by atoms with Crippen molar-refractivity contribution in [1.29, 1.82) is 0 Å². The number of esters is 1. The molecule has 142 valence electrons. The third kappa shape index (κ3) is 7.25. The minimum atomic E-state index is -1.18. The lowest BCUT2D eigenvalue weighted by molar-refractivity contribution is -0.139. The summed E-state index contributed by atoms with van der Waals surface area (Å²) in [4.78, 5) is 45.1. The van der Waals surface area contributed by atoms with Crippen LogP contribution in [0.2, 0.25) is 0 Å². The third-order valence-corrected chi connectivity index (χ3v) is 2.98. The number of carbonyl (C=O) groups excluding carboxylic acids is 3. The molecule has 27 heavy (non-hydrogen) atoms. The molecule has 0 saturated heterocycles. The summed E-state index contributed by atoms with van der Waals surface area (Å²) in [5.41, 5.74) is 0.951. The van der Waals surface area contributed by atoms with Gasteiger partial charge in [0.2, 0.25) is 0 Å².